The average molecular weight is 297 g/mol. The second kappa shape index (κ2) is 3.97. The van der Waals surface area contributed by atoms with Crippen molar-refractivity contribution in [3.05, 3.63) is 27.3 Å². The van der Waals surface area contributed by atoms with Crippen molar-refractivity contribution >= 4 is 28.6 Å². The van der Waals surface area contributed by atoms with Crippen LogP contribution in [0.2, 0.25) is 0 Å². The van der Waals surface area contributed by atoms with Crippen LogP contribution >= 0.6 is 22.6 Å². The molecule has 1 unspecified atom stereocenters. The first kappa shape index (κ1) is 10.3. The number of carboxylic acid groups (broad SMARTS) is 1. The highest BCUT2D eigenvalue weighted by molar-refractivity contribution is 14.1. The molecule has 70 valence electrons. The number of hydrogen-bond acceptors (Lipinski definition) is 3. The number of carbonyl (C=O) groups is 1. The van der Waals surface area contributed by atoms with E-state index in [1.54, 1.807) is 0 Å². The maximum absolute atomic E-state index is 13.0. The Hall–Kier alpha value is -0.760. The van der Waals surface area contributed by atoms with E-state index < -0.39 is 23.6 Å². The molecule has 6 heteroatoms. The number of pyridine rings is 1. The number of aromatic nitrogens is 1. The van der Waals surface area contributed by atoms with Gasteiger partial charge < -0.3 is 10.2 Å². The molecule has 4 nitrogen and oxygen atoms in total. The molecule has 0 bridgehead atoms. The average Bonchev–Trinajstić information content (AvgIpc) is 2.03. The summed E-state index contributed by atoms with van der Waals surface area (Å²) in [5.41, 5.74) is -0.465. The Bertz CT molecular complexity index is 345. The smallest absolute Gasteiger partial charge is 0.338 e. The van der Waals surface area contributed by atoms with Crippen LogP contribution in [0.1, 0.15) is 11.8 Å². The third kappa shape index (κ3) is 2.34. The minimum absolute atomic E-state index is 0.465. The van der Waals surface area contributed by atoms with E-state index in [0.29, 0.717) is 3.57 Å². The second-order valence-electron chi connectivity index (χ2n) is 2.26. The van der Waals surface area contributed by atoms with Crippen LogP contribution in [0.4, 0.5) is 4.39 Å². The molecule has 1 aromatic rings. The standard InChI is InChI=1S/C7H5FINO3/c8-4-1-3(9)2-10-5(4)6(11)7(12)13/h1-2,6,11H,(H,12,13). The van der Waals surface area contributed by atoms with Crippen LogP contribution in [0.3, 0.4) is 0 Å². The van der Waals surface area contributed by atoms with Crippen molar-refractivity contribution in [1.82, 2.24) is 4.98 Å². The lowest BCUT2D eigenvalue weighted by atomic mass is 10.2. The number of rotatable bonds is 2. The zero-order valence-corrected chi connectivity index (χ0v) is 8.40. The van der Waals surface area contributed by atoms with E-state index in [1.165, 1.54) is 6.20 Å². The molecule has 13 heavy (non-hydrogen) atoms. The van der Waals surface area contributed by atoms with Gasteiger partial charge in [-0.25, -0.2) is 9.18 Å². The Morgan fingerprint density at radius 1 is 1.69 bits per heavy atom. The van der Waals surface area contributed by atoms with E-state index >= 15 is 0 Å². The lowest BCUT2D eigenvalue weighted by molar-refractivity contribution is -0.147. The molecule has 0 aliphatic heterocycles. The van der Waals surface area contributed by atoms with Crippen molar-refractivity contribution < 1.29 is 19.4 Å². The van der Waals surface area contributed by atoms with Gasteiger partial charge in [-0.3, -0.25) is 4.98 Å². The van der Waals surface area contributed by atoms with Crippen molar-refractivity contribution in [1.29, 1.82) is 0 Å². The van der Waals surface area contributed by atoms with Gasteiger partial charge in [-0.1, -0.05) is 0 Å². The van der Waals surface area contributed by atoms with Crippen molar-refractivity contribution in [3.63, 3.8) is 0 Å². The molecule has 1 rings (SSSR count). The number of aliphatic carboxylic acids is 1. The molecule has 0 fully saturated rings. The zero-order chi connectivity index (χ0) is 10.0. The predicted octanol–water partition coefficient (Wildman–Crippen LogP) is 0.943. The largest absolute Gasteiger partial charge is 0.479 e. The lowest BCUT2D eigenvalue weighted by Gasteiger charge is -2.05. The molecule has 0 saturated heterocycles. The number of aliphatic hydroxyl groups excluding tert-OH is 1. The third-order valence-corrected chi connectivity index (χ3v) is 1.92. The number of halogens is 2. The SMILES string of the molecule is O=C(O)C(O)c1ncc(I)cc1F. The Morgan fingerprint density at radius 3 is 2.77 bits per heavy atom. The van der Waals surface area contributed by atoms with Crippen LogP contribution < -0.4 is 0 Å². The monoisotopic (exact) mass is 297 g/mol. The number of carboxylic acids is 1. The summed E-state index contributed by atoms with van der Waals surface area (Å²) in [7, 11) is 0. The fraction of sp³-hybridized carbons (Fsp3) is 0.143. The Balaban J connectivity index is 3.08. The summed E-state index contributed by atoms with van der Waals surface area (Å²) >= 11 is 1.83. The van der Waals surface area contributed by atoms with Crippen LogP contribution in [0.25, 0.3) is 0 Å². The summed E-state index contributed by atoms with van der Waals surface area (Å²) < 4.78 is 13.5. The molecule has 1 atom stereocenters. The summed E-state index contributed by atoms with van der Waals surface area (Å²) in [4.78, 5) is 13.8. The van der Waals surface area contributed by atoms with Crippen LogP contribution in [-0.4, -0.2) is 21.2 Å². The van der Waals surface area contributed by atoms with E-state index in [4.69, 9.17) is 10.2 Å². The summed E-state index contributed by atoms with van der Waals surface area (Å²) in [5, 5.41) is 17.3. The highest BCUT2D eigenvalue weighted by Gasteiger charge is 2.21. The van der Waals surface area contributed by atoms with Gasteiger partial charge in [0.1, 0.15) is 11.5 Å². The first-order valence-electron chi connectivity index (χ1n) is 3.24. The molecule has 2 N–H and O–H groups in total. The number of nitrogens with zero attached hydrogens (tertiary/aromatic N) is 1. The van der Waals surface area contributed by atoms with Gasteiger partial charge in [-0.2, -0.15) is 0 Å². The summed E-state index contributed by atoms with van der Waals surface area (Å²) in [5.74, 6) is -2.34. The Morgan fingerprint density at radius 2 is 2.31 bits per heavy atom. The number of aliphatic hydroxyl groups is 1. The lowest BCUT2D eigenvalue weighted by Crippen LogP contribution is -2.14. The van der Waals surface area contributed by atoms with E-state index in [2.05, 4.69) is 4.98 Å². The molecule has 0 saturated carbocycles. The maximum atomic E-state index is 13.0. The van der Waals surface area contributed by atoms with E-state index in [9.17, 15) is 9.18 Å². The molecular weight excluding hydrogens is 292 g/mol. The molecule has 0 spiro atoms. The van der Waals surface area contributed by atoms with Gasteiger partial charge in [0.2, 0.25) is 0 Å². The quantitative estimate of drug-likeness (QED) is 0.797. The van der Waals surface area contributed by atoms with Gasteiger partial charge in [0.25, 0.3) is 0 Å². The molecule has 0 radical (unpaired) electrons. The minimum Gasteiger partial charge on any atom is -0.479 e. The van der Waals surface area contributed by atoms with Gasteiger partial charge in [0, 0.05) is 9.77 Å². The van der Waals surface area contributed by atoms with Gasteiger partial charge in [-0.05, 0) is 28.7 Å². The predicted molar refractivity (Wildman–Crippen MR) is 49.5 cm³/mol. The molecule has 0 aromatic carbocycles. The van der Waals surface area contributed by atoms with E-state index in [-0.39, 0.29) is 0 Å². The first-order chi connectivity index (χ1) is 6.02. The summed E-state index contributed by atoms with van der Waals surface area (Å²) in [6.45, 7) is 0. The van der Waals surface area contributed by atoms with Crippen molar-refractivity contribution in [2.24, 2.45) is 0 Å². The minimum atomic E-state index is -1.91. The van der Waals surface area contributed by atoms with Gasteiger partial charge in [-0.15, -0.1) is 0 Å². The highest BCUT2D eigenvalue weighted by Crippen LogP contribution is 2.16. The van der Waals surface area contributed by atoms with Gasteiger partial charge in [0.15, 0.2) is 6.10 Å². The van der Waals surface area contributed by atoms with Crippen molar-refractivity contribution in [3.8, 4) is 0 Å². The third-order valence-electron chi connectivity index (χ3n) is 1.33. The molecule has 0 amide bonds. The van der Waals surface area contributed by atoms with Crippen LogP contribution in [0.15, 0.2) is 12.3 Å². The van der Waals surface area contributed by atoms with Crippen molar-refractivity contribution in [2.75, 3.05) is 0 Å². The Kier molecular flexibility index (Phi) is 3.15. The molecule has 1 heterocycles. The molecule has 1 aromatic heterocycles. The van der Waals surface area contributed by atoms with Crippen molar-refractivity contribution in [2.45, 2.75) is 6.10 Å². The fourth-order valence-electron chi connectivity index (χ4n) is 0.743. The highest BCUT2D eigenvalue weighted by atomic mass is 127. The normalized spacial score (nSPS) is 12.5. The first-order valence-corrected chi connectivity index (χ1v) is 4.32. The summed E-state index contributed by atoms with van der Waals surface area (Å²) in [6.07, 6.45) is -0.623. The second-order valence-corrected chi connectivity index (χ2v) is 3.51. The molecular formula is C7H5FINO3. The fourth-order valence-corrected chi connectivity index (χ4v) is 1.16. The van der Waals surface area contributed by atoms with E-state index in [0.717, 1.165) is 6.07 Å². The number of hydrogen-bond donors (Lipinski definition) is 2. The molecule has 0 aliphatic carbocycles. The van der Waals surface area contributed by atoms with Gasteiger partial charge in [0.05, 0.1) is 0 Å². The van der Waals surface area contributed by atoms with Gasteiger partial charge >= 0.3 is 5.97 Å². The van der Waals surface area contributed by atoms with Crippen LogP contribution in [-0.2, 0) is 4.79 Å². The van der Waals surface area contributed by atoms with Crippen LogP contribution in [0, 0.1) is 9.39 Å². The van der Waals surface area contributed by atoms with Crippen LogP contribution in [0.5, 0.6) is 0 Å². The summed E-state index contributed by atoms with van der Waals surface area (Å²) in [6, 6.07) is 1.11. The van der Waals surface area contributed by atoms with E-state index in [1.807, 2.05) is 22.6 Å². The zero-order valence-electron chi connectivity index (χ0n) is 6.24. The topological polar surface area (TPSA) is 70.4 Å². The maximum Gasteiger partial charge on any atom is 0.338 e. The molecule has 0 aliphatic rings. The Labute approximate surface area is 86.6 Å².